The molecule has 0 aliphatic heterocycles. The minimum atomic E-state index is 0.377. The molecule has 90 valence electrons. The van der Waals surface area contributed by atoms with Crippen molar-refractivity contribution in [3.05, 3.63) is 56.2 Å². The summed E-state index contributed by atoms with van der Waals surface area (Å²) in [5, 5.41) is 7.97. The molecule has 1 aromatic heterocycles. The zero-order chi connectivity index (χ0) is 12.3. The molecule has 2 aromatic rings. The third-order valence-electron chi connectivity index (χ3n) is 2.93. The van der Waals surface area contributed by atoms with Crippen molar-refractivity contribution in [2.24, 2.45) is 0 Å². The van der Waals surface area contributed by atoms with Gasteiger partial charge in [0.25, 0.3) is 0 Å². The topological polar surface area (TPSA) is 12.0 Å². The number of aryl methyl sites for hydroxylation is 1. The summed E-state index contributed by atoms with van der Waals surface area (Å²) in [6.45, 7) is 5.30. The maximum absolute atomic E-state index is 3.55. The van der Waals surface area contributed by atoms with Crippen LogP contribution in [0.25, 0.3) is 0 Å². The molecule has 0 aliphatic carbocycles. The second-order valence-corrected chi connectivity index (χ2v) is 5.89. The van der Waals surface area contributed by atoms with E-state index < -0.39 is 0 Å². The fourth-order valence-corrected chi connectivity index (χ4v) is 2.82. The van der Waals surface area contributed by atoms with Gasteiger partial charge in [-0.1, -0.05) is 28.1 Å². The van der Waals surface area contributed by atoms with Crippen LogP contribution in [0.5, 0.6) is 0 Å². The van der Waals surface area contributed by atoms with E-state index in [2.05, 4.69) is 70.1 Å². The molecule has 3 heteroatoms. The fraction of sp³-hybridized carbons (Fsp3) is 0.286. The third-order valence-corrected chi connectivity index (χ3v) is 4.37. The van der Waals surface area contributed by atoms with E-state index >= 15 is 0 Å². The van der Waals surface area contributed by atoms with Crippen molar-refractivity contribution in [1.82, 2.24) is 5.32 Å². The van der Waals surface area contributed by atoms with Crippen LogP contribution in [0, 0.1) is 6.92 Å². The maximum atomic E-state index is 3.55. The zero-order valence-corrected chi connectivity index (χ0v) is 12.4. The van der Waals surface area contributed by atoms with E-state index in [1.54, 1.807) is 11.3 Å². The Hall–Kier alpha value is -0.640. The Labute approximate surface area is 115 Å². The second kappa shape index (κ2) is 5.80. The van der Waals surface area contributed by atoms with Crippen molar-refractivity contribution in [2.75, 3.05) is 0 Å². The number of rotatable bonds is 4. The molecule has 0 radical (unpaired) electrons. The Balaban J connectivity index is 1.95. The Morgan fingerprint density at radius 3 is 2.53 bits per heavy atom. The number of hydrogen-bond acceptors (Lipinski definition) is 2. The predicted octanol–water partition coefficient (Wildman–Crippen LogP) is 4.67. The molecule has 0 saturated heterocycles. The molecule has 17 heavy (non-hydrogen) atoms. The van der Waals surface area contributed by atoms with Gasteiger partial charge in [-0.15, -0.1) is 0 Å². The van der Waals surface area contributed by atoms with Crippen LogP contribution in [0.3, 0.4) is 0 Å². The Bertz CT molecular complexity index is 475. The van der Waals surface area contributed by atoms with Crippen molar-refractivity contribution in [2.45, 2.75) is 26.4 Å². The summed E-state index contributed by atoms with van der Waals surface area (Å²) in [6.07, 6.45) is 0. The van der Waals surface area contributed by atoms with Gasteiger partial charge >= 0.3 is 0 Å². The standard InChI is InChI=1S/C14H16BrNS/c1-10-8-17-9-13(10)7-16-11(2)12-3-5-14(15)6-4-12/h3-6,8-9,11,16H,7H2,1-2H3. The van der Waals surface area contributed by atoms with E-state index in [4.69, 9.17) is 0 Å². The smallest absolute Gasteiger partial charge is 0.0294 e. The molecular weight excluding hydrogens is 294 g/mol. The number of thiophene rings is 1. The molecule has 1 nitrogen and oxygen atoms in total. The minimum Gasteiger partial charge on any atom is -0.306 e. The van der Waals surface area contributed by atoms with Gasteiger partial charge in [0.15, 0.2) is 0 Å². The number of benzene rings is 1. The first-order valence-electron chi connectivity index (χ1n) is 5.67. The molecule has 0 saturated carbocycles. The molecule has 1 unspecified atom stereocenters. The summed E-state index contributed by atoms with van der Waals surface area (Å²) >= 11 is 5.22. The van der Waals surface area contributed by atoms with Crippen LogP contribution in [0.1, 0.15) is 29.7 Å². The lowest BCUT2D eigenvalue weighted by Crippen LogP contribution is -2.18. The number of halogens is 1. The van der Waals surface area contributed by atoms with Crippen LogP contribution in [-0.4, -0.2) is 0 Å². The number of hydrogen-bond donors (Lipinski definition) is 1. The molecular formula is C14H16BrNS. The average molecular weight is 310 g/mol. The highest BCUT2D eigenvalue weighted by Gasteiger charge is 2.06. The van der Waals surface area contributed by atoms with E-state index in [0.29, 0.717) is 6.04 Å². The molecule has 0 aliphatic rings. The van der Waals surface area contributed by atoms with Crippen molar-refractivity contribution in [3.8, 4) is 0 Å². The van der Waals surface area contributed by atoms with Gasteiger partial charge in [-0.3, -0.25) is 0 Å². The average Bonchev–Trinajstić information content (AvgIpc) is 2.73. The lowest BCUT2D eigenvalue weighted by molar-refractivity contribution is 0.574. The van der Waals surface area contributed by atoms with Gasteiger partial charge in [-0.2, -0.15) is 11.3 Å². The lowest BCUT2D eigenvalue weighted by atomic mass is 10.1. The molecule has 0 fully saturated rings. The largest absolute Gasteiger partial charge is 0.306 e. The summed E-state index contributed by atoms with van der Waals surface area (Å²) < 4.78 is 1.13. The second-order valence-electron chi connectivity index (χ2n) is 4.23. The van der Waals surface area contributed by atoms with Gasteiger partial charge in [-0.05, 0) is 53.4 Å². The monoisotopic (exact) mass is 309 g/mol. The van der Waals surface area contributed by atoms with Gasteiger partial charge in [0.2, 0.25) is 0 Å². The molecule has 0 bridgehead atoms. The van der Waals surface area contributed by atoms with Crippen molar-refractivity contribution in [3.63, 3.8) is 0 Å². The Kier molecular flexibility index (Phi) is 4.37. The first-order chi connectivity index (χ1) is 8.16. The van der Waals surface area contributed by atoms with Gasteiger partial charge in [0, 0.05) is 17.1 Å². The highest BCUT2D eigenvalue weighted by Crippen LogP contribution is 2.18. The summed E-state index contributed by atoms with van der Waals surface area (Å²) in [4.78, 5) is 0. The van der Waals surface area contributed by atoms with E-state index in [-0.39, 0.29) is 0 Å². The Morgan fingerprint density at radius 2 is 1.94 bits per heavy atom. The normalized spacial score (nSPS) is 12.6. The first kappa shape index (κ1) is 12.8. The fourth-order valence-electron chi connectivity index (χ4n) is 1.70. The van der Waals surface area contributed by atoms with Crippen LogP contribution in [0.4, 0.5) is 0 Å². The van der Waals surface area contributed by atoms with E-state index in [0.717, 1.165) is 11.0 Å². The summed E-state index contributed by atoms with van der Waals surface area (Å²) in [5.41, 5.74) is 4.10. The minimum absolute atomic E-state index is 0.377. The van der Waals surface area contributed by atoms with Gasteiger partial charge in [-0.25, -0.2) is 0 Å². The quantitative estimate of drug-likeness (QED) is 0.865. The van der Waals surface area contributed by atoms with Crippen LogP contribution < -0.4 is 5.32 Å². The molecule has 1 aromatic carbocycles. The highest BCUT2D eigenvalue weighted by molar-refractivity contribution is 9.10. The molecule has 1 atom stereocenters. The summed E-state index contributed by atoms with van der Waals surface area (Å²) in [7, 11) is 0. The van der Waals surface area contributed by atoms with E-state index in [9.17, 15) is 0 Å². The zero-order valence-electron chi connectivity index (χ0n) is 10.0. The van der Waals surface area contributed by atoms with E-state index in [1.165, 1.54) is 16.7 Å². The first-order valence-corrected chi connectivity index (χ1v) is 7.41. The van der Waals surface area contributed by atoms with Crippen molar-refractivity contribution in [1.29, 1.82) is 0 Å². The molecule has 2 rings (SSSR count). The van der Waals surface area contributed by atoms with Crippen molar-refractivity contribution < 1.29 is 0 Å². The third kappa shape index (κ3) is 3.41. The van der Waals surface area contributed by atoms with Gasteiger partial charge < -0.3 is 5.32 Å². The molecule has 1 heterocycles. The predicted molar refractivity (Wildman–Crippen MR) is 78.5 cm³/mol. The van der Waals surface area contributed by atoms with Crippen LogP contribution in [0.2, 0.25) is 0 Å². The molecule has 0 amide bonds. The SMILES string of the molecule is Cc1cscc1CNC(C)c1ccc(Br)cc1. The van der Waals surface area contributed by atoms with Gasteiger partial charge in [0.1, 0.15) is 0 Å². The Morgan fingerprint density at radius 1 is 1.24 bits per heavy atom. The molecule has 1 N–H and O–H groups in total. The number of nitrogens with one attached hydrogen (secondary N) is 1. The molecule has 0 spiro atoms. The van der Waals surface area contributed by atoms with Gasteiger partial charge in [0.05, 0.1) is 0 Å². The summed E-state index contributed by atoms with van der Waals surface area (Å²) in [5.74, 6) is 0. The highest BCUT2D eigenvalue weighted by atomic mass is 79.9. The van der Waals surface area contributed by atoms with Crippen LogP contribution >= 0.6 is 27.3 Å². The van der Waals surface area contributed by atoms with E-state index in [1.807, 2.05) is 0 Å². The lowest BCUT2D eigenvalue weighted by Gasteiger charge is -2.14. The van der Waals surface area contributed by atoms with Crippen molar-refractivity contribution >= 4 is 27.3 Å². The maximum Gasteiger partial charge on any atom is 0.0294 e. The summed E-state index contributed by atoms with van der Waals surface area (Å²) in [6, 6.07) is 8.86. The van der Waals surface area contributed by atoms with Crippen LogP contribution in [0.15, 0.2) is 39.5 Å². The van der Waals surface area contributed by atoms with Crippen LogP contribution in [-0.2, 0) is 6.54 Å².